The van der Waals surface area contributed by atoms with E-state index in [2.05, 4.69) is 21.2 Å². The molecular weight excluding hydrogens is 301 g/mol. The monoisotopic (exact) mass is 309 g/mol. The van der Waals surface area contributed by atoms with Crippen LogP contribution in [0.4, 0.5) is 15.8 Å². The van der Waals surface area contributed by atoms with Crippen LogP contribution in [0.25, 0.3) is 0 Å². The summed E-state index contributed by atoms with van der Waals surface area (Å²) in [6.45, 7) is 0. The van der Waals surface area contributed by atoms with Crippen LogP contribution in [0, 0.1) is 5.82 Å². The number of anilines is 2. The van der Waals surface area contributed by atoms with E-state index in [0.29, 0.717) is 10.2 Å². The minimum atomic E-state index is -1.06. The summed E-state index contributed by atoms with van der Waals surface area (Å²) in [5.74, 6) is -1.51. The number of para-hydroxylation sites is 1. The van der Waals surface area contributed by atoms with Crippen molar-refractivity contribution in [3.8, 4) is 0 Å². The Hall–Kier alpha value is -1.88. The van der Waals surface area contributed by atoms with E-state index in [1.807, 2.05) is 0 Å². The van der Waals surface area contributed by atoms with E-state index in [9.17, 15) is 9.18 Å². The molecule has 5 heteroatoms. The second kappa shape index (κ2) is 5.18. The maximum atomic E-state index is 13.6. The number of hydrogen-bond donors (Lipinski definition) is 2. The van der Waals surface area contributed by atoms with Gasteiger partial charge >= 0.3 is 5.97 Å². The molecule has 0 aliphatic rings. The number of carboxylic acids is 1. The Kier molecular flexibility index (Phi) is 3.62. The molecule has 0 saturated heterocycles. The Morgan fingerprint density at radius 2 is 1.89 bits per heavy atom. The van der Waals surface area contributed by atoms with Crippen LogP contribution >= 0.6 is 15.9 Å². The summed E-state index contributed by atoms with van der Waals surface area (Å²) in [5.41, 5.74) is 0.664. The summed E-state index contributed by atoms with van der Waals surface area (Å²) in [4.78, 5) is 11.0. The van der Waals surface area contributed by atoms with Crippen LogP contribution in [0.3, 0.4) is 0 Å². The van der Waals surface area contributed by atoms with Gasteiger partial charge in [-0.05, 0) is 30.3 Å². The Morgan fingerprint density at radius 1 is 1.17 bits per heavy atom. The van der Waals surface area contributed by atoms with Gasteiger partial charge in [0, 0.05) is 4.47 Å². The molecule has 3 nitrogen and oxygen atoms in total. The van der Waals surface area contributed by atoms with E-state index in [0.717, 1.165) is 0 Å². The van der Waals surface area contributed by atoms with Crippen LogP contribution < -0.4 is 5.32 Å². The summed E-state index contributed by atoms with van der Waals surface area (Å²) in [6, 6.07) is 10.8. The van der Waals surface area contributed by atoms with Crippen LogP contribution in [0.1, 0.15) is 10.4 Å². The standard InChI is InChI=1S/C13H9BrFNO2/c14-8-5-6-10(15)12(7-8)16-11-4-2-1-3-9(11)13(17)18/h1-7,16H,(H,17,18). The average Bonchev–Trinajstić information content (AvgIpc) is 2.34. The predicted octanol–water partition coefficient (Wildman–Crippen LogP) is 4.03. The highest BCUT2D eigenvalue weighted by Gasteiger charge is 2.10. The summed E-state index contributed by atoms with van der Waals surface area (Å²) in [5, 5.41) is 11.8. The number of hydrogen-bond acceptors (Lipinski definition) is 2. The Bertz CT molecular complexity index is 601. The Balaban J connectivity index is 2.40. The summed E-state index contributed by atoms with van der Waals surface area (Å²) in [7, 11) is 0. The lowest BCUT2D eigenvalue weighted by molar-refractivity contribution is 0.0698. The van der Waals surface area contributed by atoms with Crippen molar-refractivity contribution >= 4 is 33.3 Å². The lowest BCUT2D eigenvalue weighted by atomic mass is 10.1. The van der Waals surface area contributed by atoms with Gasteiger partial charge in [0.25, 0.3) is 0 Å². The van der Waals surface area contributed by atoms with Gasteiger partial charge in [-0.2, -0.15) is 0 Å². The van der Waals surface area contributed by atoms with E-state index in [-0.39, 0.29) is 11.3 Å². The van der Waals surface area contributed by atoms with Crippen molar-refractivity contribution in [2.45, 2.75) is 0 Å². The van der Waals surface area contributed by atoms with Crippen molar-refractivity contribution in [3.05, 3.63) is 58.3 Å². The van der Waals surface area contributed by atoms with Crippen molar-refractivity contribution in [1.29, 1.82) is 0 Å². The Labute approximate surface area is 111 Å². The second-order valence-electron chi connectivity index (χ2n) is 3.60. The van der Waals surface area contributed by atoms with Gasteiger partial charge in [0.15, 0.2) is 0 Å². The molecule has 2 aromatic rings. The molecule has 2 rings (SSSR count). The van der Waals surface area contributed by atoms with Gasteiger partial charge in [-0.1, -0.05) is 28.1 Å². The second-order valence-corrected chi connectivity index (χ2v) is 4.52. The molecule has 0 atom stereocenters. The van der Waals surface area contributed by atoms with Crippen LogP contribution in [-0.2, 0) is 0 Å². The molecular formula is C13H9BrFNO2. The molecule has 0 amide bonds. The van der Waals surface area contributed by atoms with E-state index in [1.165, 1.54) is 12.1 Å². The smallest absolute Gasteiger partial charge is 0.337 e. The van der Waals surface area contributed by atoms with Crippen LogP contribution in [0.5, 0.6) is 0 Å². The molecule has 0 unspecified atom stereocenters. The van der Waals surface area contributed by atoms with E-state index in [1.54, 1.807) is 30.3 Å². The fourth-order valence-electron chi connectivity index (χ4n) is 1.52. The summed E-state index contributed by atoms with van der Waals surface area (Å²) in [6.07, 6.45) is 0. The molecule has 0 radical (unpaired) electrons. The Morgan fingerprint density at radius 3 is 2.61 bits per heavy atom. The normalized spacial score (nSPS) is 10.1. The van der Waals surface area contributed by atoms with Crippen LogP contribution in [0.2, 0.25) is 0 Å². The van der Waals surface area contributed by atoms with Gasteiger partial charge < -0.3 is 10.4 Å². The zero-order valence-electron chi connectivity index (χ0n) is 9.15. The van der Waals surface area contributed by atoms with Gasteiger partial charge in [0.1, 0.15) is 5.82 Å². The van der Waals surface area contributed by atoms with Gasteiger partial charge in [0.2, 0.25) is 0 Å². The van der Waals surface area contributed by atoms with E-state index >= 15 is 0 Å². The SMILES string of the molecule is O=C(O)c1ccccc1Nc1cc(Br)ccc1F. The molecule has 0 aromatic heterocycles. The fraction of sp³-hybridized carbons (Fsp3) is 0. The zero-order valence-corrected chi connectivity index (χ0v) is 10.7. The first-order valence-corrected chi connectivity index (χ1v) is 5.91. The predicted molar refractivity (Wildman–Crippen MR) is 70.8 cm³/mol. The number of aromatic carboxylic acids is 1. The van der Waals surface area contributed by atoms with Gasteiger partial charge in [-0.15, -0.1) is 0 Å². The number of carbonyl (C=O) groups is 1. The van der Waals surface area contributed by atoms with Gasteiger partial charge in [-0.25, -0.2) is 9.18 Å². The van der Waals surface area contributed by atoms with Crippen LogP contribution in [0.15, 0.2) is 46.9 Å². The third-order valence-electron chi connectivity index (χ3n) is 2.36. The summed E-state index contributed by atoms with van der Waals surface area (Å²) < 4.78 is 14.3. The van der Waals surface area contributed by atoms with Gasteiger partial charge in [-0.3, -0.25) is 0 Å². The molecule has 2 aromatic carbocycles. The number of benzene rings is 2. The van der Waals surface area contributed by atoms with E-state index < -0.39 is 11.8 Å². The molecule has 0 fully saturated rings. The highest BCUT2D eigenvalue weighted by Crippen LogP contribution is 2.25. The molecule has 0 spiro atoms. The van der Waals surface area contributed by atoms with Crippen molar-refractivity contribution < 1.29 is 14.3 Å². The van der Waals surface area contributed by atoms with Crippen molar-refractivity contribution in [3.63, 3.8) is 0 Å². The first-order chi connectivity index (χ1) is 8.58. The minimum Gasteiger partial charge on any atom is -0.478 e. The number of rotatable bonds is 3. The first kappa shape index (κ1) is 12.6. The lowest BCUT2D eigenvalue weighted by Crippen LogP contribution is -2.03. The average molecular weight is 310 g/mol. The van der Waals surface area contributed by atoms with Crippen LogP contribution in [-0.4, -0.2) is 11.1 Å². The highest BCUT2D eigenvalue weighted by atomic mass is 79.9. The molecule has 0 bridgehead atoms. The molecule has 0 aliphatic heterocycles. The number of halogens is 2. The number of nitrogens with one attached hydrogen (secondary N) is 1. The molecule has 18 heavy (non-hydrogen) atoms. The molecule has 92 valence electrons. The zero-order chi connectivity index (χ0) is 13.1. The number of carboxylic acid groups (broad SMARTS) is 1. The maximum Gasteiger partial charge on any atom is 0.337 e. The molecule has 0 saturated carbocycles. The van der Waals surface area contributed by atoms with Crippen molar-refractivity contribution in [2.75, 3.05) is 5.32 Å². The minimum absolute atomic E-state index is 0.0943. The van der Waals surface area contributed by atoms with E-state index in [4.69, 9.17) is 5.11 Å². The largest absolute Gasteiger partial charge is 0.478 e. The quantitative estimate of drug-likeness (QED) is 0.900. The van der Waals surface area contributed by atoms with Gasteiger partial charge in [0.05, 0.1) is 16.9 Å². The van der Waals surface area contributed by atoms with Crippen molar-refractivity contribution in [2.24, 2.45) is 0 Å². The van der Waals surface area contributed by atoms with Crippen molar-refractivity contribution in [1.82, 2.24) is 0 Å². The summed E-state index contributed by atoms with van der Waals surface area (Å²) >= 11 is 3.23. The topological polar surface area (TPSA) is 49.3 Å². The molecule has 2 N–H and O–H groups in total. The third-order valence-corrected chi connectivity index (χ3v) is 2.85. The molecule has 0 aliphatic carbocycles. The maximum absolute atomic E-state index is 13.6. The third kappa shape index (κ3) is 2.68. The molecule has 0 heterocycles. The lowest BCUT2D eigenvalue weighted by Gasteiger charge is -2.10. The fourth-order valence-corrected chi connectivity index (χ4v) is 1.88. The highest BCUT2D eigenvalue weighted by molar-refractivity contribution is 9.10. The first-order valence-electron chi connectivity index (χ1n) is 5.12.